The second-order valence-electron chi connectivity index (χ2n) is 4.51. The fourth-order valence-electron chi connectivity index (χ4n) is 1.98. The van der Waals surface area contributed by atoms with Crippen LogP contribution in [0.5, 0.6) is 0 Å². The second-order valence-corrected chi connectivity index (χ2v) is 8.29. The van der Waals surface area contributed by atoms with Crippen LogP contribution in [-0.2, 0) is 24.8 Å². The van der Waals surface area contributed by atoms with Crippen LogP contribution in [0.25, 0.3) is 10.1 Å². The van der Waals surface area contributed by atoms with Crippen LogP contribution < -0.4 is 0 Å². The largest absolute Gasteiger partial charge is 0.337 e. The number of benzene rings is 1. The molecule has 0 spiro atoms. The Balaban J connectivity index is 2.03. The van der Waals surface area contributed by atoms with E-state index < -0.39 is 7.60 Å². The lowest BCUT2D eigenvalue weighted by Crippen LogP contribution is -2.08. The molecule has 21 heavy (non-hydrogen) atoms. The molecule has 0 saturated heterocycles. The van der Waals surface area contributed by atoms with Crippen LogP contribution >= 0.6 is 30.5 Å². The molecule has 0 N–H and O–H groups in total. The third kappa shape index (κ3) is 3.93. The molecule has 7 heteroatoms. The van der Waals surface area contributed by atoms with Gasteiger partial charge in [0.05, 0.1) is 5.02 Å². The highest BCUT2D eigenvalue weighted by atomic mass is 35.5. The number of thiophene rings is 1. The Bertz CT molecular complexity index is 689. The molecule has 0 unspecified atom stereocenters. The van der Waals surface area contributed by atoms with E-state index in [1.807, 2.05) is 24.3 Å². The van der Waals surface area contributed by atoms with Crippen LogP contribution in [-0.4, -0.2) is 26.2 Å². The lowest BCUT2D eigenvalue weighted by Gasteiger charge is -2.12. The third-order valence-corrected chi connectivity index (χ3v) is 6.79. The average Bonchev–Trinajstić information content (AvgIpc) is 2.82. The van der Waals surface area contributed by atoms with Crippen molar-refractivity contribution in [2.75, 3.05) is 20.4 Å². The van der Waals surface area contributed by atoms with Crippen LogP contribution in [0, 0.1) is 0 Å². The molecule has 1 heterocycles. The van der Waals surface area contributed by atoms with Crippen molar-refractivity contribution in [1.82, 2.24) is 0 Å². The van der Waals surface area contributed by atoms with Crippen LogP contribution in [0.3, 0.4) is 0 Å². The van der Waals surface area contributed by atoms with Crippen molar-refractivity contribution in [3.8, 4) is 0 Å². The number of hydrogen-bond donors (Lipinski definition) is 0. The summed E-state index contributed by atoms with van der Waals surface area (Å²) in [5.41, 5.74) is 0. The first kappa shape index (κ1) is 16.7. The van der Waals surface area contributed by atoms with E-state index in [1.54, 1.807) is 11.3 Å². The predicted molar refractivity (Wildman–Crippen MR) is 86.7 cm³/mol. The molecule has 0 aliphatic heterocycles. The number of ketones is 1. The summed E-state index contributed by atoms with van der Waals surface area (Å²) in [6.07, 6.45) is 0.593. The molecule has 0 aliphatic carbocycles. The minimum atomic E-state index is -3.28. The van der Waals surface area contributed by atoms with Crippen LogP contribution in [0.1, 0.15) is 11.3 Å². The number of fused-ring (bicyclic) bond motifs is 1. The highest BCUT2D eigenvalue weighted by molar-refractivity contribution is 7.54. The quantitative estimate of drug-likeness (QED) is 0.690. The van der Waals surface area contributed by atoms with Crippen molar-refractivity contribution in [2.24, 2.45) is 0 Å². The van der Waals surface area contributed by atoms with Gasteiger partial charge in [-0.15, -0.1) is 11.3 Å². The molecule has 0 atom stereocenters. The first-order chi connectivity index (χ1) is 9.99. The zero-order chi connectivity index (χ0) is 15.5. The van der Waals surface area contributed by atoms with Gasteiger partial charge in [0.2, 0.25) is 0 Å². The minimum Gasteiger partial charge on any atom is -0.312 e. The van der Waals surface area contributed by atoms with Gasteiger partial charge in [0, 0.05) is 35.6 Å². The van der Waals surface area contributed by atoms with Gasteiger partial charge >= 0.3 is 7.60 Å². The summed E-state index contributed by atoms with van der Waals surface area (Å²) in [7, 11) is -0.721. The Morgan fingerprint density at radius 3 is 2.57 bits per heavy atom. The van der Waals surface area contributed by atoms with E-state index in [4.69, 9.17) is 20.6 Å². The summed E-state index contributed by atoms with van der Waals surface area (Å²) in [6.45, 7) is 0. The fourth-order valence-corrected chi connectivity index (χ4v) is 4.50. The van der Waals surface area contributed by atoms with Gasteiger partial charge in [-0.3, -0.25) is 9.36 Å². The Labute approximate surface area is 132 Å². The first-order valence-electron chi connectivity index (χ1n) is 6.37. The van der Waals surface area contributed by atoms with E-state index in [9.17, 15) is 9.36 Å². The van der Waals surface area contributed by atoms with E-state index in [0.717, 1.165) is 15.0 Å². The van der Waals surface area contributed by atoms with Crippen molar-refractivity contribution < 1.29 is 18.4 Å². The lowest BCUT2D eigenvalue weighted by atomic mass is 10.2. The van der Waals surface area contributed by atoms with Crippen molar-refractivity contribution in [3.05, 3.63) is 34.2 Å². The highest BCUT2D eigenvalue weighted by Gasteiger charge is 2.25. The Morgan fingerprint density at radius 2 is 1.95 bits per heavy atom. The first-order valence-corrected chi connectivity index (χ1v) is 9.29. The third-order valence-electron chi connectivity index (χ3n) is 3.16. The minimum absolute atomic E-state index is 0.157. The summed E-state index contributed by atoms with van der Waals surface area (Å²) >= 11 is 7.90. The lowest BCUT2D eigenvalue weighted by molar-refractivity contribution is -0.116. The van der Waals surface area contributed by atoms with Gasteiger partial charge in [0.15, 0.2) is 0 Å². The molecule has 0 aliphatic rings. The molecule has 0 radical (unpaired) electrons. The van der Waals surface area contributed by atoms with E-state index in [2.05, 4.69) is 0 Å². The maximum absolute atomic E-state index is 11.9. The van der Waals surface area contributed by atoms with Crippen molar-refractivity contribution in [1.29, 1.82) is 0 Å². The number of hydrogen-bond acceptors (Lipinski definition) is 5. The van der Waals surface area contributed by atoms with Gasteiger partial charge in [0.25, 0.3) is 0 Å². The molecular formula is C14H16ClO4PS. The summed E-state index contributed by atoms with van der Waals surface area (Å²) in [4.78, 5) is 12.9. The van der Waals surface area contributed by atoms with Gasteiger partial charge in [-0.2, -0.15) is 0 Å². The molecule has 1 aromatic heterocycles. The van der Waals surface area contributed by atoms with E-state index in [-0.39, 0.29) is 18.4 Å². The molecule has 2 aromatic rings. The number of carbonyl (C=O) groups is 1. The fraction of sp³-hybridized carbons (Fsp3) is 0.357. The Morgan fingerprint density at radius 1 is 1.29 bits per heavy atom. The Kier molecular flexibility index (Phi) is 5.58. The van der Waals surface area contributed by atoms with Crippen LogP contribution in [0.15, 0.2) is 24.3 Å². The molecule has 0 fully saturated rings. The zero-order valence-corrected chi connectivity index (χ0v) is 14.3. The predicted octanol–water partition coefficient (Wildman–Crippen LogP) is 4.54. The average molecular weight is 347 g/mol. The van der Waals surface area contributed by atoms with Crippen LogP contribution in [0.2, 0.25) is 5.02 Å². The van der Waals surface area contributed by atoms with Gasteiger partial charge in [-0.05, 0) is 12.5 Å². The molecule has 0 bridgehead atoms. The molecule has 2 rings (SSSR count). The molecular weight excluding hydrogens is 331 g/mol. The van der Waals surface area contributed by atoms with Gasteiger partial charge in [0.1, 0.15) is 11.9 Å². The van der Waals surface area contributed by atoms with Gasteiger partial charge in [-0.1, -0.05) is 29.8 Å². The summed E-state index contributed by atoms with van der Waals surface area (Å²) in [5, 5.41) is 1.70. The smallest absolute Gasteiger partial charge is 0.312 e. The molecule has 0 saturated carbocycles. The number of rotatable bonds is 7. The van der Waals surface area contributed by atoms with Gasteiger partial charge in [-0.25, -0.2) is 0 Å². The van der Waals surface area contributed by atoms with Crippen molar-refractivity contribution in [2.45, 2.75) is 12.8 Å². The summed E-state index contributed by atoms with van der Waals surface area (Å²) in [6, 6.07) is 7.85. The number of carbonyl (C=O) groups excluding carboxylic acids is 1. The highest BCUT2D eigenvalue weighted by Crippen LogP contribution is 2.46. The maximum atomic E-state index is 11.9. The molecule has 0 amide bonds. The summed E-state index contributed by atoms with van der Waals surface area (Å²) < 4.78 is 22.5. The standard InChI is InChI=1S/C14H16ClO4PS/c1-18-20(17,19-2)9-10(16)7-8-13-14(15)11-5-3-4-6-12(11)21-13/h3-6H,7-9H2,1-2H3. The summed E-state index contributed by atoms with van der Waals surface area (Å²) in [5.74, 6) is -0.157. The van der Waals surface area contributed by atoms with E-state index in [0.29, 0.717) is 11.4 Å². The SMILES string of the molecule is COP(=O)(CC(=O)CCc1sc2ccccc2c1Cl)OC. The van der Waals surface area contributed by atoms with E-state index >= 15 is 0 Å². The molecule has 114 valence electrons. The number of halogens is 1. The maximum Gasteiger partial charge on any atom is 0.337 e. The second kappa shape index (κ2) is 7.03. The van der Waals surface area contributed by atoms with Crippen LogP contribution in [0.4, 0.5) is 0 Å². The van der Waals surface area contributed by atoms with Gasteiger partial charge < -0.3 is 9.05 Å². The number of aryl methyl sites for hydroxylation is 1. The topological polar surface area (TPSA) is 52.6 Å². The Hall–Kier alpha value is -0.710. The number of Topliss-reactive ketones (excluding diaryl/α,β-unsaturated/α-hetero) is 1. The zero-order valence-electron chi connectivity index (χ0n) is 11.8. The van der Waals surface area contributed by atoms with Crippen molar-refractivity contribution >= 4 is 46.4 Å². The van der Waals surface area contributed by atoms with Crippen molar-refractivity contribution in [3.63, 3.8) is 0 Å². The monoisotopic (exact) mass is 346 g/mol. The van der Waals surface area contributed by atoms with E-state index in [1.165, 1.54) is 14.2 Å². The normalized spacial score (nSPS) is 12.0. The molecule has 4 nitrogen and oxygen atoms in total. The molecule has 1 aromatic carbocycles.